The maximum absolute atomic E-state index is 11.4. The van der Waals surface area contributed by atoms with Crippen molar-refractivity contribution in [3.05, 3.63) is 12.2 Å². The Morgan fingerprint density at radius 1 is 1.00 bits per heavy atom. The molecule has 1 fully saturated rings. The van der Waals surface area contributed by atoms with Crippen molar-refractivity contribution in [2.24, 2.45) is 5.92 Å². The van der Waals surface area contributed by atoms with Crippen LogP contribution in [0.25, 0.3) is 0 Å². The van der Waals surface area contributed by atoms with E-state index in [0.29, 0.717) is 6.42 Å². The molecule has 0 aromatic heterocycles. The van der Waals surface area contributed by atoms with Gasteiger partial charge in [-0.3, -0.25) is 4.79 Å². The summed E-state index contributed by atoms with van der Waals surface area (Å²) in [6.07, 6.45) is 13.8. The van der Waals surface area contributed by atoms with E-state index in [0.717, 1.165) is 12.8 Å². The van der Waals surface area contributed by atoms with Gasteiger partial charge in [0.05, 0.1) is 0 Å². The zero-order chi connectivity index (χ0) is 17.1. The lowest BCUT2D eigenvalue weighted by Crippen LogP contribution is -2.24. The maximum atomic E-state index is 11.4. The molecule has 1 aliphatic heterocycles. The fourth-order valence-corrected chi connectivity index (χ4v) is 3.18. The van der Waals surface area contributed by atoms with Crippen LogP contribution in [0.5, 0.6) is 0 Å². The van der Waals surface area contributed by atoms with Crippen molar-refractivity contribution >= 4 is 11.9 Å². The van der Waals surface area contributed by atoms with Crippen molar-refractivity contribution in [1.82, 2.24) is 0 Å². The molecule has 0 unspecified atom stereocenters. The summed E-state index contributed by atoms with van der Waals surface area (Å²) < 4.78 is 5.12. The molecule has 23 heavy (non-hydrogen) atoms. The third-order valence-electron chi connectivity index (χ3n) is 4.63. The van der Waals surface area contributed by atoms with Crippen LogP contribution in [0, 0.1) is 5.92 Å². The first-order valence-corrected chi connectivity index (χ1v) is 9.20. The lowest BCUT2D eigenvalue weighted by atomic mass is 9.93. The second kappa shape index (κ2) is 11.3. The van der Waals surface area contributed by atoms with E-state index in [-0.39, 0.29) is 5.57 Å². The van der Waals surface area contributed by atoms with E-state index in [1.807, 2.05) is 0 Å². The van der Waals surface area contributed by atoms with Gasteiger partial charge in [0.1, 0.15) is 12.0 Å². The largest absolute Gasteiger partial charge is 0.481 e. The molecule has 0 aromatic carbocycles. The van der Waals surface area contributed by atoms with Gasteiger partial charge in [-0.2, -0.15) is 0 Å². The van der Waals surface area contributed by atoms with Gasteiger partial charge in [0, 0.05) is 5.57 Å². The summed E-state index contributed by atoms with van der Waals surface area (Å²) in [7, 11) is 0. The zero-order valence-corrected chi connectivity index (χ0v) is 14.5. The minimum atomic E-state index is -1.01. The first kappa shape index (κ1) is 19.7. The highest BCUT2D eigenvalue weighted by atomic mass is 16.6. The Labute approximate surface area is 140 Å². The summed E-state index contributed by atoms with van der Waals surface area (Å²) >= 11 is 0. The molecular weight excluding hydrogens is 292 g/mol. The van der Waals surface area contributed by atoms with E-state index in [1.165, 1.54) is 57.8 Å². The maximum Gasteiger partial charge on any atom is 0.334 e. The van der Waals surface area contributed by atoms with E-state index in [4.69, 9.17) is 9.84 Å². The van der Waals surface area contributed by atoms with Crippen LogP contribution in [-0.2, 0) is 14.3 Å². The fourth-order valence-electron chi connectivity index (χ4n) is 3.18. The summed E-state index contributed by atoms with van der Waals surface area (Å²) in [5.74, 6) is -2.41. The summed E-state index contributed by atoms with van der Waals surface area (Å²) in [5, 5.41) is 9.16. The van der Waals surface area contributed by atoms with E-state index in [9.17, 15) is 9.59 Å². The van der Waals surface area contributed by atoms with Crippen molar-refractivity contribution in [1.29, 1.82) is 0 Å². The quantitative estimate of drug-likeness (QED) is 0.298. The van der Waals surface area contributed by atoms with E-state index in [1.54, 1.807) is 0 Å². The Morgan fingerprint density at radius 3 is 1.96 bits per heavy atom. The van der Waals surface area contributed by atoms with Gasteiger partial charge in [0.25, 0.3) is 0 Å². The predicted molar refractivity (Wildman–Crippen MR) is 91.2 cm³/mol. The van der Waals surface area contributed by atoms with Gasteiger partial charge in [-0.05, 0) is 12.8 Å². The van der Waals surface area contributed by atoms with E-state index < -0.39 is 24.0 Å². The third-order valence-corrected chi connectivity index (χ3v) is 4.63. The Morgan fingerprint density at radius 2 is 1.48 bits per heavy atom. The van der Waals surface area contributed by atoms with Gasteiger partial charge >= 0.3 is 11.9 Å². The number of rotatable bonds is 13. The summed E-state index contributed by atoms with van der Waals surface area (Å²) in [6.45, 7) is 5.77. The van der Waals surface area contributed by atoms with Crippen LogP contribution in [0.2, 0.25) is 0 Å². The lowest BCUT2D eigenvalue weighted by molar-refractivity contribution is -0.144. The smallest absolute Gasteiger partial charge is 0.334 e. The average molecular weight is 324 g/mol. The molecule has 1 heterocycles. The lowest BCUT2D eigenvalue weighted by Gasteiger charge is -2.13. The molecule has 1 N–H and O–H groups in total. The number of hydrogen-bond donors (Lipinski definition) is 1. The van der Waals surface area contributed by atoms with Crippen LogP contribution in [-0.4, -0.2) is 23.1 Å². The molecule has 0 aromatic rings. The van der Waals surface area contributed by atoms with Crippen LogP contribution in [0.1, 0.15) is 84.0 Å². The van der Waals surface area contributed by atoms with Gasteiger partial charge in [0.2, 0.25) is 0 Å². The van der Waals surface area contributed by atoms with Crippen LogP contribution < -0.4 is 0 Å². The number of esters is 1. The standard InChI is InChI=1S/C19H32O4/c1-3-4-5-6-7-8-9-10-11-12-13-14-16-17(18(20)21)15(2)19(22)23-16/h16-17H,2-14H2,1H3,(H,20,21)/t16-,17+/m0/s1. The first-order chi connectivity index (χ1) is 11.1. The monoisotopic (exact) mass is 324 g/mol. The van der Waals surface area contributed by atoms with Crippen molar-refractivity contribution in [3.63, 3.8) is 0 Å². The molecule has 0 saturated carbocycles. The van der Waals surface area contributed by atoms with Gasteiger partial charge in [0.15, 0.2) is 0 Å². The Balaban J connectivity index is 2.01. The predicted octanol–water partition coefficient (Wildman–Crippen LogP) is 4.87. The highest BCUT2D eigenvalue weighted by Gasteiger charge is 2.42. The van der Waals surface area contributed by atoms with Crippen molar-refractivity contribution in [2.45, 2.75) is 90.1 Å². The number of unbranched alkanes of at least 4 members (excludes halogenated alkanes) is 10. The molecule has 4 nitrogen and oxygen atoms in total. The number of carbonyl (C=O) groups is 2. The molecular formula is C19H32O4. The number of carbonyl (C=O) groups excluding carboxylic acids is 1. The van der Waals surface area contributed by atoms with Crippen LogP contribution in [0.4, 0.5) is 0 Å². The van der Waals surface area contributed by atoms with Crippen molar-refractivity contribution in [2.75, 3.05) is 0 Å². The Hall–Kier alpha value is -1.32. The van der Waals surface area contributed by atoms with E-state index >= 15 is 0 Å². The SMILES string of the molecule is C=C1C(=O)O[C@@H](CCCCCCCCCCCCC)[C@@H]1C(=O)O. The minimum absolute atomic E-state index is 0.0885. The molecule has 1 saturated heterocycles. The van der Waals surface area contributed by atoms with Crippen LogP contribution in [0.3, 0.4) is 0 Å². The molecule has 4 heteroatoms. The highest BCUT2D eigenvalue weighted by Crippen LogP contribution is 2.30. The average Bonchev–Trinajstić information content (AvgIpc) is 2.79. The normalized spacial score (nSPS) is 20.7. The number of carboxylic acid groups (broad SMARTS) is 1. The summed E-state index contributed by atoms with van der Waals surface area (Å²) in [4.78, 5) is 22.6. The number of cyclic esters (lactones) is 1. The Bertz CT molecular complexity index is 389. The molecule has 0 amide bonds. The van der Waals surface area contributed by atoms with E-state index in [2.05, 4.69) is 13.5 Å². The van der Waals surface area contributed by atoms with Gasteiger partial charge in [-0.25, -0.2) is 4.79 Å². The molecule has 0 aliphatic carbocycles. The molecule has 2 atom stereocenters. The van der Waals surface area contributed by atoms with Crippen LogP contribution >= 0.6 is 0 Å². The molecule has 1 aliphatic rings. The van der Waals surface area contributed by atoms with Gasteiger partial charge in [-0.1, -0.05) is 77.7 Å². The zero-order valence-electron chi connectivity index (χ0n) is 14.5. The molecule has 1 rings (SSSR count). The number of hydrogen-bond acceptors (Lipinski definition) is 3. The number of carboxylic acids is 1. The van der Waals surface area contributed by atoms with Gasteiger partial charge in [-0.15, -0.1) is 0 Å². The van der Waals surface area contributed by atoms with Crippen LogP contribution in [0.15, 0.2) is 12.2 Å². The summed E-state index contributed by atoms with van der Waals surface area (Å²) in [6, 6.07) is 0. The second-order valence-electron chi connectivity index (χ2n) is 6.61. The molecule has 132 valence electrons. The fraction of sp³-hybridized carbons (Fsp3) is 0.789. The minimum Gasteiger partial charge on any atom is -0.481 e. The topological polar surface area (TPSA) is 63.6 Å². The summed E-state index contributed by atoms with van der Waals surface area (Å²) in [5.41, 5.74) is 0.0885. The highest BCUT2D eigenvalue weighted by molar-refractivity contribution is 5.97. The third kappa shape index (κ3) is 7.19. The molecule has 0 bridgehead atoms. The molecule has 0 spiro atoms. The van der Waals surface area contributed by atoms with Gasteiger partial charge < -0.3 is 9.84 Å². The number of ether oxygens (including phenoxy) is 1. The van der Waals surface area contributed by atoms with Crippen molar-refractivity contribution in [3.8, 4) is 0 Å². The Kier molecular flexibility index (Phi) is 9.65. The first-order valence-electron chi connectivity index (χ1n) is 9.20. The van der Waals surface area contributed by atoms with Crippen molar-refractivity contribution < 1.29 is 19.4 Å². The number of aliphatic carboxylic acids is 1. The second-order valence-corrected chi connectivity index (χ2v) is 6.61. The molecule has 0 radical (unpaired) electrons.